The van der Waals surface area contributed by atoms with E-state index < -0.39 is 0 Å². The average molecular weight is 293 g/mol. The minimum atomic E-state index is 0.184. The molecule has 1 nitrogen and oxygen atoms in total. The molecule has 0 aliphatic heterocycles. The molecular formula is C13H16Cl3N. The summed E-state index contributed by atoms with van der Waals surface area (Å²) in [5.74, 6) is 0. The number of nitrogens with one attached hydrogen (secondary N) is 1. The lowest BCUT2D eigenvalue weighted by Crippen LogP contribution is -2.24. The molecular weight excluding hydrogens is 277 g/mol. The summed E-state index contributed by atoms with van der Waals surface area (Å²) in [6.45, 7) is 6.61. The second kappa shape index (κ2) is 4.62. The van der Waals surface area contributed by atoms with Crippen molar-refractivity contribution in [3.8, 4) is 0 Å². The van der Waals surface area contributed by atoms with Crippen molar-refractivity contribution in [1.29, 1.82) is 0 Å². The third-order valence-corrected chi connectivity index (χ3v) is 4.80. The first-order chi connectivity index (χ1) is 7.83. The maximum absolute atomic E-state index is 6.21. The third kappa shape index (κ3) is 2.73. The maximum Gasteiger partial charge on any atom is 0.0781 e. The highest BCUT2D eigenvalue weighted by atomic mass is 35.5. The van der Waals surface area contributed by atoms with Gasteiger partial charge < -0.3 is 5.32 Å². The zero-order chi connectivity index (χ0) is 12.8. The number of hydrogen-bond donors (Lipinski definition) is 1. The van der Waals surface area contributed by atoms with Crippen LogP contribution in [0.15, 0.2) is 12.1 Å². The first-order valence-electron chi connectivity index (χ1n) is 5.72. The Morgan fingerprint density at radius 3 is 2.35 bits per heavy atom. The van der Waals surface area contributed by atoms with Gasteiger partial charge in [-0.1, -0.05) is 54.7 Å². The van der Waals surface area contributed by atoms with Gasteiger partial charge in [-0.3, -0.25) is 0 Å². The SMILES string of the molecule is CC(NC1CC1(C)C)c1ccc(Cl)c(Cl)c1Cl. The summed E-state index contributed by atoms with van der Waals surface area (Å²) in [7, 11) is 0. The van der Waals surface area contributed by atoms with Crippen LogP contribution in [0.1, 0.15) is 38.8 Å². The third-order valence-electron chi connectivity index (χ3n) is 3.50. The minimum Gasteiger partial charge on any atom is -0.307 e. The molecule has 1 aromatic rings. The van der Waals surface area contributed by atoms with Crippen molar-refractivity contribution in [2.75, 3.05) is 0 Å². The Labute approximate surface area is 117 Å². The summed E-state index contributed by atoms with van der Waals surface area (Å²) < 4.78 is 0. The van der Waals surface area contributed by atoms with E-state index in [1.807, 2.05) is 6.07 Å². The van der Waals surface area contributed by atoms with Crippen molar-refractivity contribution in [2.24, 2.45) is 5.41 Å². The van der Waals surface area contributed by atoms with E-state index >= 15 is 0 Å². The zero-order valence-corrected chi connectivity index (χ0v) is 12.4. The van der Waals surface area contributed by atoms with E-state index in [0.717, 1.165) is 5.56 Å². The van der Waals surface area contributed by atoms with Gasteiger partial charge in [-0.2, -0.15) is 0 Å². The van der Waals surface area contributed by atoms with E-state index in [-0.39, 0.29) is 6.04 Å². The topological polar surface area (TPSA) is 12.0 Å². The van der Waals surface area contributed by atoms with Gasteiger partial charge in [0, 0.05) is 12.1 Å². The van der Waals surface area contributed by atoms with Crippen LogP contribution in [0.4, 0.5) is 0 Å². The Morgan fingerprint density at radius 1 is 1.24 bits per heavy atom. The van der Waals surface area contributed by atoms with Crippen molar-refractivity contribution in [3.63, 3.8) is 0 Å². The Balaban J connectivity index is 2.15. The predicted octanol–water partition coefficient (Wildman–Crippen LogP) is 5.10. The quantitative estimate of drug-likeness (QED) is 0.765. The van der Waals surface area contributed by atoms with Crippen LogP contribution in [0.3, 0.4) is 0 Å². The van der Waals surface area contributed by atoms with Crippen LogP contribution >= 0.6 is 34.8 Å². The lowest BCUT2D eigenvalue weighted by Gasteiger charge is -2.18. The van der Waals surface area contributed by atoms with Gasteiger partial charge in [0.25, 0.3) is 0 Å². The Morgan fingerprint density at radius 2 is 1.82 bits per heavy atom. The Bertz CT molecular complexity index is 443. The molecule has 1 aromatic carbocycles. The minimum absolute atomic E-state index is 0.184. The van der Waals surface area contributed by atoms with Crippen molar-refractivity contribution in [3.05, 3.63) is 32.8 Å². The lowest BCUT2D eigenvalue weighted by molar-refractivity contribution is 0.492. The molecule has 0 radical (unpaired) electrons. The Hall–Kier alpha value is 0.0500. The molecule has 0 aromatic heterocycles. The summed E-state index contributed by atoms with van der Waals surface area (Å²) in [6.07, 6.45) is 1.20. The molecule has 0 spiro atoms. The number of benzene rings is 1. The molecule has 1 saturated carbocycles. The first-order valence-corrected chi connectivity index (χ1v) is 6.86. The molecule has 0 amide bonds. The van der Waals surface area contributed by atoms with Crippen molar-refractivity contribution in [1.82, 2.24) is 5.32 Å². The summed E-state index contributed by atoms with van der Waals surface area (Å²) in [5, 5.41) is 5.05. The maximum atomic E-state index is 6.21. The van der Waals surface area contributed by atoms with Crippen LogP contribution in [-0.4, -0.2) is 6.04 Å². The van der Waals surface area contributed by atoms with Gasteiger partial charge >= 0.3 is 0 Å². The molecule has 1 aliphatic carbocycles. The monoisotopic (exact) mass is 291 g/mol. The van der Waals surface area contributed by atoms with Crippen molar-refractivity contribution >= 4 is 34.8 Å². The second-order valence-electron chi connectivity index (χ2n) is 5.40. The fraction of sp³-hybridized carbons (Fsp3) is 0.538. The highest BCUT2D eigenvalue weighted by molar-refractivity contribution is 6.48. The van der Waals surface area contributed by atoms with E-state index in [1.165, 1.54) is 6.42 Å². The number of halogens is 3. The number of rotatable bonds is 3. The van der Waals surface area contributed by atoms with E-state index in [2.05, 4.69) is 26.1 Å². The molecule has 2 atom stereocenters. The lowest BCUT2D eigenvalue weighted by atomic mass is 10.1. The average Bonchev–Trinajstić information content (AvgIpc) is 2.82. The van der Waals surface area contributed by atoms with Crippen LogP contribution < -0.4 is 5.32 Å². The normalized spacial score (nSPS) is 23.5. The van der Waals surface area contributed by atoms with Gasteiger partial charge in [0.1, 0.15) is 0 Å². The predicted molar refractivity (Wildman–Crippen MR) is 75.2 cm³/mol. The fourth-order valence-corrected chi connectivity index (χ4v) is 2.72. The molecule has 4 heteroatoms. The molecule has 17 heavy (non-hydrogen) atoms. The van der Waals surface area contributed by atoms with Gasteiger partial charge in [0.2, 0.25) is 0 Å². The van der Waals surface area contributed by atoms with E-state index in [4.69, 9.17) is 34.8 Å². The molecule has 1 aliphatic rings. The van der Waals surface area contributed by atoms with Crippen molar-refractivity contribution < 1.29 is 0 Å². The molecule has 0 heterocycles. The van der Waals surface area contributed by atoms with E-state index in [9.17, 15) is 0 Å². The molecule has 1 fully saturated rings. The van der Waals surface area contributed by atoms with Gasteiger partial charge in [0.15, 0.2) is 0 Å². The van der Waals surface area contributed by atoms with Crippen LogP contribution in [-0.2, 0) is 0 Å². The zero-order valence-electron chi connectivity index (χ0n) is 10.2. The van der Waals surface area contributed by atoms with Crippen LogP contribution in [0.5, 0.6) is 0 Å². The van der Waals surface area contributed by atoms with Crippen LogP contribution in [0, 0.1) is 5.41 Å². The highest BCUT2D eigenvalue weighted by Crippen LogP contribution is 2.46. The molecule has 94 valence electrons. The smallest absolute Gasteiger partial charge is 0.0781 e. The Kier molecular flexibility index (Phi) is 3.66. The van der Waals surface area contributed by atoms with Gasteiger partial charge in [-0.25, -0.2) is 0 Å². The largest absolute Gasteiger partial charge is 0.307 e. The molecule has 2 rings (SSSR count). The van der Waals surface area contributed by atoms with Gasteiger partial charge in [0.05, 0.1) is 15.1 Å². The van der Waals surface area contributed by atoms with E-state index in [1.54, 1.807) is 6.07 Å². The first kappa shape index (κ1) is 13.5. The summed E-state index contributed by atoms with van der Waals surface area (Å²) in [5.41, 5.74) is 1.40. The molecule has 1 N–H and O–H groups in total. The summed E-state index contributed by atoms with van der Waals surface area (Å²) in [4.78, 5) is 0. The van der Waals surface area contributed by atoms with Gasteiger partial charge in [-0.05, 0) is 30.4 Å². The second-order valence-corrected chi connectivity index (χ2v) is 6.56. The van der Waals surface area contributed by atoms with Gasteiger partial charge in [-0.15, -0.1) is 0 Å². The summed E-state index contributed by atoms with van der Waals surface area (Å²) in [6, 6.07) is 4.47. The highest BCUT2D eigenvalue weighted by Gasteiger charge is 2.46. The fourth-order valence-electron chi connectivity index (χ4n) is 2.02. The molecule has 0 saturated heterocycles. The molecule has 0 bridgehead atoms. The number of hydrogen-bond acceptors (Lipinski definition) is 1. The standard InChI is InChI=1S/C13H16Cl3N/c1-7(17-10-6-13(10,2)3)8-4-5-9(14)12(16)11(8)15/h4-5,7,10,17H,6H2,1-3H3. The van der Waals surface area contributed by atoms with E-state index in [0.29, 0.717) is 26.5 Å². The van der Waals surface area contributed by atoms with Crippen LogP contribution in [0.2, 0.25) is 15.1 Å². The summed E-state index contributed by atoms with van der Waals surface area (Å²) >= 11 is 18.2. The van der Waals surface area contributed by atoms with Crippen LogP contribution in [0.25, 0.3) is 0 Å². The van der Waals surface area contributed by atoms with Crippen molar-refractivity contribution in [2.45, 2.75) is 39.3 Å². The molecule has 2 unspecified atom stereocenters.